The highest BCUT2D eigenvalue weighted by atomic mass is 16.5. The van der Waals surface area contributed by atoms with Gasteiger partial charge in [-0.1, -0.05) is 12.1 Å². The zero-order valence-corrected chi connectivity index (χ0v) is 15.1. The molecule has 0 bridgehead atoms. The molecule has 1 amide bonds. The van der Waals surface area contributed by atoms with Crippen LogP contribution in [0.4, 0.5) is 0 Å². The fourth-order valence-corrected chi connectivity index (χ4v) is 3.61. The minimum Gasteiger partial charge on any atom is -0.497 e. The van der Waals surface area contributed by atoms with Crippen molar-refractivity contribution in [3.05, 3.63) is 53.9 Å². The highest BCUT2D eigenvalue weighted by molar-refractivity contribution is 5.92. The van der Waals surface area contributed by atoms with Gasteiger partial charge in [-0.25, -0.2) is 0 Å². The summed E-state index contributed by atoms with van der Waals surface area (Å²) < 4.78 is 12.8. The molecule has 25 heavy (non-hydrogen) atoms. The van der Waals surface area contributed by atoms with E-state index < -0.39 is 0 Å². The van der Waals surface area contributed by atoms with Gasteiger partial charge in [0.05, 0.1) is 13.2 Å². The van der Waals surface area contributed by atoms with Gasteiger partial charge in [0, 0.05) is 39.4 Å². The fraction of sp³-hybridized carbons (Fsp3) is 0.450. The van der Waals surface area contributed by atoms with Crippen LogP contribution in [0.2, 0.25) is 0 Å². The van der Waals surface area contributed by atoms with Gasteiger partial charge in [-0.15, -0.1) is 0 Å². The molecule has 1 aliphatic heterocycles. The Morgan fingerprint density at radius 2 is 1.96 bits per heavy atom. The molecule has 1 aromatic heterocycles. The lowest BCUT2D eigenvalue weighted by Gasteiger charge is -2.38. The van der Waals surface area contributed by atoms with Crippen molar-refractivity contribution in [3.8, 4) is 5.75 Å². The summed E-state index contributed by atoms with van der Waals surface area (Å²) >= 11 is 0. The Kier molecular flexibility index (Phi) is 5.43. The van der Waals surface area contributed by atoms with Crippen LogP contribution in [-0.2, 0) is 18.2 Å². The van der Waals surface area contributed by atoms with E-state index in [2.05, 4.69) is 12.1 Å². The number of hydrogen-bond donors (Lipinski definition) is 0. The van der Waals surface area contributed by atoms with Gasteiger partial charge in [-0.2, -0.15) is 0 Å². The van der Waals surface area contributed by atoms with Crippen LogP contribution in [-0.4, -0.2) is 48.8 Å². The number of hydrogen-bond acceptors (Lipinski definition) is 3. The number of carbonyl (C=O) groups is 1. The standard InChI is InChI=1S/C20H26N2O3/c1-21-11-4-5-18(21)20(23)22-12-10-19(25-3)16(14-22)13-15-6-8-17(24-2)9-7-15/h4-9,11,16,19H,10,12-14H2,1-3H3/t16-,19-/m0/s1. The number of benzene rings is 1. The summed E-state index contributed by atoms with van der Waals surface area (Å²) in [5.41, 5.74) is 1.97. The van der Waals surface area contributed by atoms with Gasteiger partial charge in [-0.05, 0) is 42.7 Å². The van der Waals surface area contributed by atoms with Crippen molar-refractivity contribution < 1.29 is 14.3 Å². The maximum atomic E-state index is 12.8. The van der Waals surface area contributed by atoms with Crippen LogP contribution in [0.5, 0.6) is 5.75 Å². The predicted molar refractivity (Wildman–Crippen MR) is 96.9 cm³/mol. The molecule has 0 N–H and O–H groups in total. The fourth-order valence-electron chi connectivity index (χ4n) is 3.61. The number of methoxy groups -OCH3 is 2. The number of likely N-dealkylation sites (tertiary alicyclic amines) is 1. The molecular formula is C20H26N2O3. The van der Waals surface area contributed by atoms with E-state index in [4.69, 9.17) is 9.47 Å². The van der Waals surface area contributed by atoms with Crippen LogP contribution >= 0.6 is 0 Å². The molecular weight excluding hydrogens is 316 g/mol. The average molecular weight is 342 g/mol. The summed E-state index contributed by atoms with van der Waals surface area (Å²) in [4.78, 5) is 14.8. The molecule has 2 aromatic rings. The van der Waals surface area contributed by atoms with Gasteiger partial charge in [0.1, 0.15) is 11.4 Å². The van der Waals surface area contributed by atoms with Gasteiger partial charge >= 0.3 is 0 Å². The molecule has 0 aliphatic carbocycles. The summed E-state index contributed by atoms with van der Waals surface area (Å²) in [7, 11) is 5.34. The second-order valence-electron chi connectivity index (χ2n) is 6.63. The van der Waals surface area contributed by atoms with Crippen molar-refractivity contribution in [2.24, 2.45) is 13.0 Å². The lowest BCUT2D eigenvalue weighted by Crippen LogP contribution is -2.47. The van der Waals surface area contributed by atoms with E-state index in [1.54, 1.807) is 14.2 Å². The molecule has 0 saturated carbocycles. The Hall–Kier alpha value is -2.27. The maximum Gasteiger partial charge on any atom is 0.270 e. The lowest BCUT2D eigenvalue weighted by atomic mass is 9.88. The lowest BCUT2D eigenvalue weighted by molar-refractivity contribution is -0.00327. The first-order valence-corrected chi connectivity index (χ1v) is 8.68. The van der Waals surface area contributed by atoms with Crippen molar-refractivity contribution in [2.75, 3.05) is 27.3 Å². The van der Waals surface area contributed by atoms with E-state index in [9.17, 15) is 4.79 Å². The Morgan fingerprint density at radius 3 is 2.56 bits per heavy atom. The second-order valence-corrected chi connectivity index (χ2v) is 6.63. The highest BCUT2D eigenvalue weighted by Gasteiger charge is 2.32. The molecule has 5 nitrogen and oxygen atoms in total. The van der Waals surface area contributed by atoms with Crippen LogP contribution in [0.1, 0.15) is 22.5 Å². The minimum atomic E-state index is 0.0989. The quantitative estimate of drug-likeness (QED) is 0.839. The number of piperidine rings is 1. The normalized spacial score (nSPS) is 20.5. The van der Waals surface area contributed by atoms with E-state index in [0.29, 0.717) is 6.54 Å². The Labute approximate surface area is 149 Å². The molecule has 2 atom stereocenters. The van der Waals surface area contributed by atoms with Crippen LogP contribution < -0.4 is 4.74 Å². The largest absolute Gasteiger partial charge is 0.497 e. The molecule has 1 aliphatic rings. The summed E-state index contributed by atoms with van der Waals surface area (Å²) in [6, 6.07) is 11.9. The summed E-state index contributed by atoms with van der Waals surface area (Å²) in [5.74, 6) is 1.24. The van der Waals surface area contributed by atoms with Crippen LogP contribution in [0.3, 0.4) is 0 Å². The summed E-state index contributed by atoms with van der Waals surface area (Å²) in [6.07, 6.45) is 3.84. The number of nitrogens with zero attached hydrogens (tertiary/aromatic N) is 2. The molecule has 2 heterocycles. The van der Waals surface area contributed by atoms with Crippen LogP contribution in [0.15, 0.2) is 42.6 Å². The Balaban J connectivity index is 1.71. The molecule has 0 spiro atoms. The Morgan fingerprint density at radius 1 is 1.20 bits per heavy atom. The van der Waals surface area contributed by atoms with Crippen molar-refractivity contribution in [1.82, 2.24) is 9.47 Å². The third kappa shape index (κ3) is 3.87. The number of ether oxygens (including phenoxy) is 2. The van der Waals surface area contributed by atoms with Gasteiger partial charge in [0.15, 0.2) is 0 Å². The smallest absolute Gasteiger partial charge is 0.270 e. The van der Waals surface area contributed by atoms with E-state index in [-0.39, 0.29) is 17.9 Å². The van der Waals surface area contributed by atoms with Crippen LogP contribution in [0.25, 0.3) is 0 Å². The summed E-state index contributed by atoms with van der Waals surface area (Å²) in [5, 5.41) is 0. The predicted octanol–water partition coefficient (Wildman–Crippen LogP) is 2.75. The van der Waals surface area contributed by atoms with Gasteiger partial charge in [0.2, 0.25) is 0 Å². The van der Waals surface area contributed by atoms with E-state index in [0.717, 1.165) is 30.8 Å². The van der Waals surface area contributed by atoms with Crippen molar-refractivity contribution >= 4 is 5.91 Å². The van der Waals surface area contributed by atoms with Gasteiger partial charge in [0.25, 0.3) is 5.91 Å². The van der Waals surface area contributed by atoms with Crippen LogP contribution in [0, 0.1) is 5.92 Å². The first kappa shape index (κ1) is 17.5. The average Bonchev–Trinajstić information content (AvgIpc) is 3.07. The number of aromatic nitrogens is 1. The molecule has 1 aromatic carbocycles. The number of rotatable bonds is 5. The molecule has 5 heteroatoms. The molecule has 1 saturated heterocycles. The Bertz CT molecular complexity index is 708. The first-order valence-electron chi connectivity index (χ1n) is 8.68. The number of carbonyl (C=O) groups excluding carboxylic acids is 1. The number of amides is 1. The topological polar surface area (TPSA) is 43.7 Å². The highest BCUT2D eigenvalue weighted by Crippen LogP contribution is 2.25. The molecule has 0 radical (unpaired) electrons. The van der Waals surface area contributed by atoms with Crippen molar-refractivity contribution in [1.29, 1.82) is 0 Å². The molecule has 0 unspecified atom stereocenters. The second kappa shape index (κ2) is 7.74. The molecule has 134 valence electrons. The third-order valence-electron chi connectivity index (χ3n) is 5.07. The van der Waals surface area contributed by atoms with Crippen molar-refractivity contribution in [3.63, 3.8) is 0 Å². The third-order valence-corrected chi connectivity index (χ3v) is 5.07. The summed E-state index contributed by atoms with van der Waals surface area (Å²) in [6.45, 7) is 1.45. The number of aryl methyl sites for hydroxylation is 1. The molecule has 3 rings (SSSR count). The van der Waals surface area contributed by atoms with E-state index >= 15 is 0 Å². The zero-order chi connectivity index (χ0) is 17.8. The van der Waals surface area contributed by atoms with Crippen molar-refractivity contribution in [2.45, 2.75) is 18.9 Å². The molecule has 1 fully saturated rings. The first-order chi connectivity index (χ1) is 12.1. The SMILES string of the molecule is COc1ccc(C[C@H]2CN(C(=O)c3cccn3C)CC[C@@H]2OC)cc1. The van der Waals surface area contributed by atoms with E-state index in [1.807, 2.05) is 47.0 Å². The minimum absolute atomic E-state index is 0.0989. The van der Waals surface area contributed by atoms with E-state index in [1.165, 1.54) is 5.56 Å². The maximum absolute atomic E-state index is 12.8. The monoisotopic (exact) mass is 342 g/mol. The van der Waals surface area contributed by atoms with Gasteiger partial charge < -0.3 is 18.9 Å². The van der Waals surface area contributed by atoms with Gasteiger partial charge in [-0.3, -0.25) is 4.79 Å². The zero-order valence-electron chi connectivity index (χ0n) is 15.1.